The average Bonchev–Trinajstić information content (AvgIpc) is 2.91. The van der Waals surface area contributed by atoms with Crippen LogP contribution in [-0.4, -0.2) is 32.7 Å². The number of phenolic OH excluding ortho intramolecular Hbond substituents is 2. The fourth-order valence-electron chi connectivity index (χ4n) is 7.08. The Morgan fingerprint density at radius 2 is 1.50 bits per heavy atom. The molecule has 0 saturated heterocycles. The van der Waals surface area contributed by atoms with Gasteiger partial charge in [0.05, 0.1) is 5.41 Å². The SMILES string of the molecule is C=C(C)C(CC=C(C)C)C[C@@]12CC(CC=C(C)C)C(C)(C)C(CC=C(C)C)(C(=O)C(=C(O)c3ccc(O)c(O)c3)C1=O)C2=O. The first-order valence-corrected chi connectivity index (χ1v) is 15.5. The van der Waals surface area contributed by atoms with Crippen molar-refractivity contribution in [2.75, 3.05) is 0 Å². The smallest absolute Gasteiger partial charge is 0.184 e. The summed E-state index contributed by atoms with van der Waals surface area (Å²) in [5, 5.41) is 31.7. The molecule has 3 unspecified atom stereocenters. The van der Waals surface area contributed by atoms with Crippen LogP contribution in [0.25, 0.3) is 5.76 Å². The molecular formula is C38H50O6. The zero-order valence-corrected chi connectivity index (χ0v) is 27.9. The number of aliphatic hydroxyl groups excluding tert-OH is 1. The number of aromatic hydroxyl groups is 2. The van der Waals surface area contributed by atoms with Crippen molar-refractivity contribution in [3.05, 3.63) is 76.4 Å². The van der Waals surface area contributed by atoms with E-state index in [9.17, 15) is 24.9 Å². The third kappa shape index (κ3) is 6.00. The molecule has 6 heteroatoms. The summed E-state index contributed by atoms with van der Waals surface area (Å²) in [6.07, 6.45) is 7.79. The van der Waals surface area contributed by atoms with Gasteiger partial charge in [0.2, 0.25) is 0 Å². The van der Waals surface area contributed by atoms with Crippen LogP contribution < -0.4 is 0 Å². The topological polar surface area (TPSA) is 112 Å². The first-order chi connectivity index (χ1) is 20.3. The molecule has 2 aliphatic rings. The Balaban J connectivity index is 2.47. The summed E-state index contributed by atoms with van der Waals surface area (Å²) in [5.74, 6) is -3.61. The maximum absolute atomic E-state index is 15.2. The quantitative estimate of drug-likeness (QED) is 0.0616. The monoisotopic (exact) mass is 602 g/mol. The molecular weight excluding hydrogens is 552 g/mol. The molecule has 0 aromatic heterocycles. The molecule has 3 N–H and O–H groups in total. The molecule has 238 valence electrons. The highest BCUT2D eigenvalue weighted by atomic mass is 16.3. The number of Topliss-reactive ketones (excluding diaryl/α,β-unsaturated/α-hetero) is 3. The van der Waals surface area contributed by atoms with Gasteiger partial charge in [-0.2, -0.15) is 0 Å². The first-order valence-electron chi connectivity index (χ1n) is 15.5. The van der Waals surface area contributed by atoms with Gasteiger partial charge in [-0.05, 0) is 116 Å². The first kappa shape index (κ1) is 34.8. The summed E-state index contributed by atoms with van der Waals surface area (Å²) < 4.78 is 0. The van der Waals surface area contributed by atoms with Gasteiger partial charge in [0.1, 0.15) is 16.7 Å². The molecule has 2 saturated carbocycles. The predicted octanol–water partition coefficient (Wildman–Crippen LogP) is 8.76. The molecule has 2 bridgehead atoms. The molecule has 1 aromatic carbocycles. The predicted molar refractivity (Wildman–Crippen MR) is 176 cm³/mol. The van der Waals surface area contributed by atoms with Gasteiger partial charge in [-0.15, -0.1) is 0 Å². The van der Waals surface area contributed by atoms with Crippen LogP contribution in [0.3, 0.4) is 0 Å². The summed E-state index contributed by atoms with van der Waals surface area (Å²) >= 11 is 0. The van der Waals surface area contributed by atoms with Gasteiger partial charge in [-0.3, -0.25) is 14.4 Å². The highest BCUT2D eigenvalue weighted by Gasteiger charge is 2.74. The molecule has 4 atom stereocenters. The largest absolute Gasteiger partial charge is 0.506 e. The lowest BCUT2D eigenvalue weighted by molar-refractivity contribution is -0.177. The number of fused-ring (bicyclic) bond motifs is 2. The van der Waals surface area contributed by atoms with E-state index in [2.05, 4.69) is 18.7 Å². The highest BCUT2D eigenvalue weighted by Crippen LogP contribution is 2.66. The zero-order chi connectivity index (χ0) is 33.4. The molecule has 2 aliphatic carbocycles. The lowest BCUT2D eigenvalue weighted by Gasteiger charge is -2.60. The molecule has 6 nitrogen and oxygen atoms in total. The molecule has 0 spiro atoms. The van der Waals surface area contributed by atoms with Crippen molar-refractivity contribution in [3.8, 4) is 11.5 Å². The Kier molecular flexibility index (Phi) is 10.1. The minimum absolute atomic E-state index is 0.0110. The summed E-state index contributed by atoms with van der Waals surface area (Å²) in [6.45, 7) is 21.9. The lowest BCUT2D eigenvalue weighted by Crippen LogP contribution is -2.69. The van der Waals surface area contributed by atoms with Gasteiger partial charge in [0, 0.05) is 5.56 Å². The van der Waals surface area contributed by atoms with Crippen LogP contribution >= 0.6 is 0 Å². The lowest BCUT2D eigenvalue weighted by atomic mass is 9.38. The maximum Gasteiger partial charge on any atom is 0.184 e. The van der Waals surface area contributed by atoms with E-state index >= 15 is 4.79 Å². The number of hydrogen-bond donors (Lipinski definition) is 3. The van der Waals surface area contributed by atoms with Crippen molar-refractivity contribution in [2.24, 2.45) is 28.1 Å². The molecule has 0 heterocycles. The standard InChI is InChI=1S/C38H50O6/c1-22(2)11-13-27(25(7)8)20-37-21-28(15-12-23(3)4)36(9,10)38(35(37)44,18-17-24(5)6)34(43)31(33(37)42)32(41)26-14-16-29(39)30(40)19-26/h11-12,14,16-17,19,27-28,39-41H,7,13,15,18,20-21H2,1-6,8-10H3/t27?,28?,37-,38?/m1/s1. The van der Waals surface area contributed by atoms with E-state index in [1.54, 1.807) is 0 Å². The Bertz CT molecular complexity index is 1490. The van der Waals surface area contributed by atoms with Gasteiger partial charge in [0.15, 0.2) is 28.8 Å². The molecule has 2 fully saturated rings. The average molecular weight is 603 g/mol. The van der Waals surface area contributed by atoms with Gasteiger partial charge in [-0.25, -0.2) is 0 Å². The summed E-state index contributed by atoms with van der Waals surface area (Å²) in [7, 11) is 0. The second kappa shape index (κ2) is 12.7. The highest BCUT2D eigenvalue weighted by molar-refractivity contribution is 6.41. The maximum atomic E-state index is 15.2. The molecule has 3 rings (SSSR count). The molecule has 0 radical (unpaired) electrons. The van der Waals surface area contributed by atoms with E-state index in [-0.39, 0.29) is 42.4 Å². The van der Waals surface area contributed by atoms with Gasteiger partial charge in [-0.1, -0.05) is 60.9 Å². The van der Waals surface area contributed by atoms with Crippen LogP contribution in [0.15, 0.2) is 70.9 Å². The third-order valence-electron chi connectivity index (χ3n) is 10.0. The summed E-state index contributed by atoms with van der Waals surface area (Å²) in [4.78, 5) is 44.9. The van der Waals surface area contributed by atoms with Crippen LogP contribution in [0.5, 0.6) is 11.5 Å². The van der Waals surface area contributed by atoms with E-state index in [0.717, 1.165) is 28.4 Å². The summed E-state index contributed by atoms with van der Waals surface area (Å²) in [5.41, 5.74) is -0.453. The van der Waals surface area contributed by atoms with Crippen molar-refractivity contribution in [1.29, 1.82) is 0 Å². The van der Waals surface area contributed by atoms with E-state index in [0.29, 0.717) is 12.8 Å². The molecule has 1 aromatic rings. The van der Waals surface area contributed by atoms with Gasteiger partial charge in [0.25, 0.3) is 0 Å². The van der Waals surface area contributed by atoms with Crippen LogP contribution in [0.4, 0.5) is 0 Å². The van der Waals surface area contributed by atoms with Crippen molar-refractivity contribution in [3.63, 3.8) is 0 Å². The summed E-state index contributed by atoms with van der Waals surface area (Å²) in [6, 6.07) is 3.65. The Morgan fingerprint density at radius 3 is 2.02 bits per heavy atom. The number of carbonyl (C=O) groups is 3. The van der Waals surface area contributed by atoms with Crippen molar-refractivity contribution in [2.45, 2.75) is 94.4 Å². The minimum Gasteiger partial charge on any atom is -0.506 e. The van der Waals surface area contributed by atoms with E-state index in [1.807, 2.05) is 68.4 Å². The second-order valence-corrected chi connectivity index (χ2v) is 14.3. The number of carbonyl (C=O) groups excluding carboxylic acids is 3. The number of rotatable bonds is 10. The number of aliphatic hydroxyl groups is 1. The normalized spacial score (nSPS) is 26.0. The number of phenols is 2. The van der Waals surface area contributed by atoms with Crippen molar-refractivity contribution >= 4 is 23.1 Å². The van der Waals surface area contributed by atoms with Crippen molar-refractivity contribution in [1.82, 2.24) is 0 Å². The second-order valence-electron chi connectivity index (χ2n) is 14.3. The molecule has 0 amide bonds. The number of benzene rings is 1. The van der Waals surface area contributed by atoms with Crippen LogP contribution in [0.2, 0.25) is 0 Å². The molecule has 0 aliphatic heterocycles. The zero-order valence-electron chi connectivity index (χ0n) is 27.9. The van der Waals surface area contributed by atoms with Crippen LogP contribution in [-0.2, 0) is 14.4 Å². The van der Waals surface area contributed by atoms with Crippen LogP contribution in [0, 0.1) is 28.1 Å². The Morgan fingerprint density at radius 1 is 0.909 bits per heavy atom. The van der Waals surface area contributed by atoms with E-state index in [4.69, 9.17) is 0 Å². The van der Waals surface area contributed by atoms with Gasteiger partial charge < -0.3 is 15.3 Å². The third-order valence-corrected chi connectivity index (χ3v) is 10.0. The number of allylic oxidation sites excluding steroid dienone is 8. The van der Waals surface area contributed by atoms with E-state index < -0.39 is 50.6 Å². The fourth-order valence-corrected chi connectivity index (χ4v) is 7.08. The van der Waals surface area contributed by atoms with Crippen molar-refractivity contribution < 1.29 is 29.7 Å². The van der Waals surface area contributed by atoms with Gasteiger partial charge >= 0.3 is 0 Å². The Hall–Kier alpha value is -3.67. The molecule has 44 heavy (non-hydrogen) atoms. The fraction of sp³-hybridized carbons (Fsp3) is 0.500. The van der Waals surface area contributed by atoms with Crippen LogP contribution in [0.1, 0.15) is 100.0 Å². The number of ketones is 3. The Labute approximate surface area is 263 Å². The number of hydrogen-bond acceptors (Lipinski definition) is 6. The minimum atomic E-state index is -1.62. The van der Waals surface area contributed by atoms with E-state index in [1.165, 1.54) is 12.1 Å².